The molecule has 164 valence electrons. The average Bonchev–Trinajstić information content (AvgIpc) is 3.27. The van der Waals surface area contributed by atoms with Gasteiger partial charge in [0.25, 0.3) is 0 Å². The summed E-state index contributed by atoms with van der Waals surface area (Å²) < 4.78 is 79.1. The van der Waals surface area contributed by atoms with Crippen molar-refractivity contribution in [1.29, 1.82) is 0 Å². The fourth-order valence-electron chi connectivity index (χ4n) is 3.00. The molecule has 1 aromatic carbocycles. The number of alkyl halides is 4. The van der Waals surface area contributed by atoms with Crippen molar-refractivity contribution in [3.05, 3.63) is 48.3 Å². The first-order chi connectivity index (χ1) is 14.4. The number of carbonyl (C=O) groups excluding carboxylic acids is 1. The number of fused-ring (bicyclic) bond motifs is 1. The van der Waals surface area contributed by atoms with Crippen molar-refractivity contribution in [3.63, 3.8) is 0 Å². The van der Waals surface area contributed by atoms with Gasteiger partial charge in [-0.2, -0.15) is 21.6 Å². The minimum Gasteiger partial charge on any atom is -0.376 e. The second-order valence-electron chi connectivity index (χ2n) is 7.12. The Morgan fingerprint density at radius 1 is 1.23 bits per heavy atom. The van der Waals surface area contributed by atoms with Crippen LogP contribution in [0, 0.1) is 12.8 Å². The number of carbonyl (C=O) groups is 1. The highest BCUT2D eigenvalue weighted by molar-refractivity contribution is 7.88. The first-order valence-corrected chi connectivity index (χ1v) is 10.4. The van der Waals surface area contributed by atoms with E-state index < -0.39 is 39.4 Å². The van der Waals surface area contributed by atoms with Gasteiger partial charge in [-0.15, -0.1) is 0 Å². The number of hydrogen-bond donors (Lipinski definition) is 1. The van der Waals surface area contributed by atoms with E-state index in [0.29, 0.717) is 22.3 Å². The van der Waals surface area contributed by atoms with Crippen LogP contribution in [0.5, 0.6) is 5.75 Å². The number of halogens is 4. The number of hydrogen-bond acceptors (Lipinski definition) is 5. The van der Waals surface area contributed by atoms with Crippen molar-refractivity contribution in [2.75, 3.05) is 5.32 Å². The van der Waals surface area contributed by atoms with Gasteiger partial charge in [-0.1, -0.05) is 6.07 Å². The third-order valence-electron chi connectivity index (χ3n) is 4.76. The lowest BCUT2D eigenvalue weighted by Gasteiger charge is -2.12. The summed E-state index contributed by atoms with van der Waals surface area (Å²) >= 11 is 0. The van der Waals surface area contributed by atoms with Crippen LogP contribution in [-0.2, 0) is 14.9 Å². The average molecular weight is 457 g/mol. The maximum Gasteiger partial charge on any atom is 0.534 e. The van der Waals surface area contributed by atoms with Crippen molar-refractivity contribution in [2.45, 2.75) is 25.0 Å². The monoisotopic (exact) mass is 457 g/mol. The smallest absolute Gasteiger partial charge is 0.376 e. The zero-order chi connectivity index (χ0) is 22.6. The molecule has 1 saturated carbocycles. The zero-order valence-corrected chi connectivity index (χ0v) is 16.7. The minimum absolute atomic E-state index is 0.186. The summed E-state index contributed by atoms with van der Waals surface area (Å²) in [6.45, 7) is 1.70. The number of benzene rings is 1. The van der Waals surface area contributed by atoms with Crippen molar-refractivity contribution in [2.24, 2.45) is 5.92 Å². The SMILES string of the molecule is Cc1ccc(OS(=O)(=O)C(F)(F)F)cc1-c1ccc2nc(NC(=O)[C@@H]3C[C@@H]3F)cn2c1. The molecule has 7 nitrogen and oxygen atoms in total. The Hall–Kier alpha value is -3.15. The molecule has 1 amide bonds. The van der Waals surface area contributed by atoms with Crippen LogP contribution in [0.3, 0.4) is 0 Å². The molecule has 1 N–H and O–H groups in total. The fourth-order valence-corrected chi connectivity index (χ4v) is 3.46. The van der Waals surface area contributed by atoms with Gasteiger partial charge < -0.3 is 13.9 Å². The Balaban J connectivity index is 1.63. The summed E-state index contributed by atoms with van der Waals surface area (Å²) in [5.41, 5.74) is -3.43. The molecule has 2 atom stereocenters. The van der Waals surface area contributed by atoms with Gasteiger partial charge in [0, 0.05) is 6.20 Å². The van der Waals surface area contributed by atoms with Gasteiger partial charge in [0.15, 0.2) is 5.82 Å². The summed E-state index contributed by atoms with van der Waals surface area (Å²) in [4.78, 5) is 16.1. The Labute approximate surface area is 173 Å². The molecule has 1 fully saturated rings. The molecule has 12 heteroatoms. The predicted molar refractivity (Wildman–Crippen MR) is 103 cm³/mol. The lowest BCUT2D eigenvalue weighted by atomic mass is 10.0. The largest absolute Gasteiger partial charge is 0.534 e. The molecule has 0 unspecified atom stereocenters. The second kappa shape index (κ2) is 7.22. The molecule has 0 bridgehead atoms. The van der Waals surface area contributed by atoms with Gasteiger partial charge in [0.05, 0.1) is 12.1 Å². The van der Waals surface area contributed by atoms with E-state index in [1.165, 1.54) is 18.3 Å². The number of rotatable bonds is 5. The van der Waals surface area contributed by atoms with E-state index in [-0.39, 0.29) is 12.2 Å². The molecular formula is C19H15F4N3O4S. The lowest BCUT2D eigenvalue weighted by molar-refractivity contribution is -0.117. The first kappa shape index (κ1) is 21.1. The summed E-state index contributed by atoms with van der Waals surface area (Å²) in [7, 11) is -5.79. The molecule has 2 aromatic heterocycles. The van der Waals surface area contributed by atoms with Crippen molar-refractivity contribution < 1.29 is 35.0 Å². The Morgan fingerprint density at radius 2 is 1.94 bits per heavy atom. The summed E-state index contributed by atoms with van der Waals surface area (Å²) in [5, 5.41) is 2.54. The second-order valence-corrected chi connectivity index (χ2v) is 8.65. The van der Waals surface area contributed by atoms with Gasteiger partial charge in [0.1, 0.15) is 17.6 Å². The van der Waals surface area contributed by atoms with Crippen LogP contribution in [-0.4, -0.2) is 35.4 Å². The van der Waals surface area contributed by atoms with Crippen LogP contribution in [0.25, 0.3) is 16.8 Å². The van der Waals surface area contributed by atoms with Crippen LogP contribution >= 0.6 is 0 Å². The first-order valence-electron chi connectivity index (χ1n) is 9.00. The third kappa shape index (κ3) is 4.20. The Kier molecular flexibility index (Phi) is 4.91. The summed E-state index contributed by atoms with van der Waals surface area (Å²) in [5.74, 6) is -1.38. The van der Waals surface area contributed by atoms with Crippen LogP contribution in [0.4, 0.5) is 23.4 Å². The maximum absolute atomic E-state index is 13.0. The van der Waals surface area contributed by atoms with Crippen LogP contribution in [0.2, 0.25) is 0 Å². The molecule has 4 rings (SSSR count). The van der Waals surface area contributed by atoms with E-state index in [1.807, 2.05) is 0 Å². The van der Waals surface area contributed by atoms with Gasteiger partial charge in [-0.25, -0.2) is 9.37 Å². The summed E-state index contributed by atoms with van der Waals surface area (Å²) in [6, 6.07) is 7.00. The molecule has 1 aliphatic rings. The standard InChI is InChI=1S/C19H15F4N3O4S/c1-10-2-4-12(30-31(28,29)19(21,22)23)6-13(10)11-3-5-17-24-16(9-26(17)8-11)25-18(27)14-7-15(14)20/h2-6,8-9,14-15H,7H2,1H3,(H,25,27)/t14-,15+/m1/s1. The predicted octanol–water partition coefficient (Wildman–Crippen LogP) is 3.83. The Morgan fingerprint density at radius 3 is 2.58 bits per heavy atom. The number of anilines is 1. The number of imidazole rings is 1. The number of nitrogens with one attached hydrogen (secondary N) is 1. The van der Waals surface area contributed by atoms with E-state index in [4.69, 9.17) is 0 Å². The number of nitrogens with zero attached hydrogens (tertiary/aromatic N) is 2. The molecule has 0 spiro atoms. The highest BCUT2D eigenvalue weighted by atomic mass is 32.2. The van der Waals surface area contributed by atoms with Gasteiger partial charge in [-0.3, -0.25) is 4.79 Å². The van der Waals surface area contributed by atoms with Gasteiger partial charge >= 0.3 is 15.6 Å². The Bertz CT molecular complexity index is 1290. The molecule has 0 aliphatic heterocycles. The quantitative estimate of drug-likeness (QED) is 0.357. The molecular weight excluding hydrogens is 442 g/mol. The molecule has 3 aromatic rings. The lowest BCUT2D eigenvalue weighted by Crippen LogP contribution is -2.28. The number of pyridine rings is 1. The van der Waals surface area contributed by atoms with E-state index in [0.717, 1.165) is 6.07 Å². The van der Waals surface area contributed by atoms with Crippen LogP contribution < -0.4 is 9.50 Å². The van der Waals surface area contributed by atoms with Crippen LogP contribution in [0.1, 0.15) is 12.0 Å². The fraction of sp³-hybridized carbons (Fsp3) is 0.263. The topological polar surface area (TPSA) is 89.8 Å². The van der Waals surface area contributed by atoms with Gasteiger partial charge in [0.2, 0.25) is 5.91 Å². The van der Waals surface area contributed by atoms with Crippen LogP contribution in [0.15, 0.2) is 42.7 Å². The van der Waals surface area contributed by atoms with E-state index in [1.54, 1.807) is 29.7 Å². The number of aromatic nitrogens is 2. The zero-order valence-electron chi connectivity index (χ0n) is 15.9. The molecule has 1 aliphatic carbocycles. The molecule has 31 heavy (non-hydrogen) atoms. The number of amides is 1. The normalized spacial score (nSPS) is 18.7. The van der Waals surface area contributed by atoms with E-state index in [9.17, 15) is 30.8 Å². The highest BCUT2D eigenvalue weighted by Crippen LogP contribution is 2.35. The minimum atomic E-state index is -5.79. The summed E-state index contributed by atoms with van der Waals surface area (Å²) in [6.07, 6.45) is 2.17. The van der Waals surface area contributed by atoms with E-state index >= 15 is 0 Å². The number of aryl methyl sites for hydroxylation is 1. The van der Waals surface area contributed by atoms with Gasteiger partial charge in [-0.05, 0) is 54.3 Å². The highest BCUT2D eigenvalue weighted by Gasteiger charge is 2.48. The van der Waals surface area contributed by atoms with Crippen molar-refractivity contribution in [1.82, 2.24) is 9.38 Å². The molecule has 2 heterocycles. The maximum atomic E-state index is 13.0. The third-order valence-corrected chi connectivity index (χ3v) is 5.74. The van der Waals surface area contributed by atoms with Crippen molar-refractivity contribution >= 4 is 27.5 Å². The van der Waals surface area contributed by atoms with Crippen molar-refractivity contribution in [3.8, 4) is 16.9 Å². The molecule has 0 saturated heterocycles. The van der Waals surface area contributed by atoms with E-state index in [2.05, 4.69) is 14.5 Å². The molecule has 0 radical (unpaired) electrons.